The second-order valence-corrected chi connectivity index (χ2v) is 7.52. The number of halogens is 1. The molecule has 8 heteroatoms. The van der Waals surface area contributed by atoms with Crippen molar-refractivity contribution in [3.8, 4) is 11.5 Å². The molecule has 0 heterocycles. The van der Waals surface area contributed by atoms with E-state index in [2.05, 4.69) is 22.5 Å². The minimum Gasteiger partial charge on any atom is -0.490 e. The number of likely N-dealkylation sites (N-methyl/N-ethyl adjacent to an activating group) is 1. The molecule has 1 aliphatic rings. The molecular weight excluding hydrogens is 495 g/mol. The van der Waals surface area contributed by atoms with E-state index in [9.17, 15) is 4.79 Å². The molecule has 2 N–H and O–H groups in total. The van der Waals surface area contributed by atoms with E-state index >= 15 is 0 Å². The van der Waals surface area contributed by atoms with Crippen LogP contribution < -0.4 is 20.1 Å². The molecule has 2 rings (SSSR count). The van der Waals surface area contributed by atoms with Crippen LogP contribution in [0.1, 0.15) is 58.1 Å². The van der Waals surface area contributed by atoms with E-state index in [1.807, 2.05) is 32.0 Å². The molecule has 0 aliphatic heterocycles. The largest absolute Gasteiger partial charge is 0.490 e. The van der Waals surface area contributed by atoms with Gasteiger partial charge in [0.2, 0.25) is 5.91 Å². The first-order chi connectivity index (χ1) is 13.9. The molecule has 1 aliphatic carbocycles. The molecule has 0 saturated heterocycles. The van der Waals surface area contributed by atoms with Crippen LogP contribution in [0.5, 0.6) is 11.5 Å². The minimum absolute atomic E-state index is 0. The molecule has 1 atom stereocenters. The Kier molecular flexibility index (Phi) is 11.9. The molecule has 0 aromatic heterocycles. The number of guanidine groups is 1. The second-order valence-electron chi connectivity index (χ2n) is 7.52. The topological polar surface area (TPSA) is 75.2 Å². The Morgan fingerprint density at radius 1 is 1.17 bits per heavy atom. The lowest BCUT2D eigenvalue weighted by Gasteiger charge is -2.23. The summed E-state index contributed by atoms with van der Waals surface area (Å²) >= 11 is 0. The first-order valence-corrected chi connectivity index (χ1v) is 10.6. The maximum atomic E-state index is 12.0. The second kappa shape index (κ2) is 13.6. The van der Waals surface area contributed by atoms with Crippen LogP contribution in [0.2, 0.25) is 0 Å². The molecule has 7 nitrogen and oxygen atoms in total. The predicted octanol–water partition coefficient (Wildman–Crippen LogP) is 3.73. The van der Waals surface area contributed by atoms with Crippen molar-refractivity contribution >= 4 is 35.8 Å². The fourth-order valence-electron chi connectivity index (χ4n) is 3.31. The third-order valence-electron chi connectivity index (χ3n) is 4.99. The Balaban J connectivity index is 0.00000450. The van der Waals surface area contributed by atoms with Gasteiger partial charge in [0.1, 0.15) is 6.54 Å². The molecule has 1 saturated carbocycles. The zero-order valence-corrected chi connectivity index (χ0v) is 21.2. The van der Waals surface area contributed by atoms with Gasteiger partial charge in [-0.3, -0.25) is 4.79 Å². The monoisotopic (exact) mass is 532 g/mol. The third kappa shape index (κ3) is 8.20. The summed E-state index contributed by atoms with van der Waals surface area (Å²) in [4.78, 5) is 18.1. The quantitative estimate of drug-likeness (QED) is 0.288. The first kappa shape index (κ1) is 26.3. The Morgan fingerprint density at radius 2 is 1.80 bits per heavy atom. The van der Waals surface area contributed by atoms with Crippen molar-refractivity contribution in [2.45, 2.75) is 58.5 Å². The number of aliphatic imine (C=N–C) groups is 1. The number of carbonyl (C=O) groups excluding carboxylic acids is 1. The maximum absolute atomic E-state index is 12.0. The van der Waals surface area contributed by atoms with Crippen molar-refractivity contribution in [2.75, 3.05) is 33.9 Å². The number of hydrogen-bond acceptors (Lipinski definition) is 4. The van der Waals surface area contributed by atoms with E-state index in [4.69, 9.17) is 9.47 Å². The van der Waals surface area contributed by atoms with Gasteiger partial charge in [-0.1, -0.05) is 18.9 Å². The Hall–Kier alpha value is -1.71. The number of hydrogen-bond donors (Lipinski definition) is 2. The molecule has 1 unspecified atom stereocenters. The van der Waals surface area contributed by atoms with Gasteiger partial charge in [0.25, 0.3) is 0 Å². The van der Waals surface area contributed by atoms with E-state index in [0.29, 0.717) is 25.2 Å². The standard InChI is InChI=1S/C22H36N4O3.HI/c1-6-28-19-13-12-17(14-20(19)29-7-2)16(3)24-22(23-15-21(27)26(4)5)25-18-10-8-9-11-18;/h12-14,16,18H,6-11,15H2,1-5H3,(H2,23,24,25);1H. The number of nitrogens with zero attached hydrogens (tertiary/aromatic N) is 2. The van der Waals surface area contributed by atoms with E-state index in [0.717, 1.165) is 29.9 Å². The van der Waals surface area contributed by atoms with E-state index < -0.39 is 0 Å². The van der Waals surface area contributed by atoms with E-state index in [1.54, 1.807) is 19.0 Å². The number of benzene rings is 1. The van der Waals surface area contributed by atoms with Crippen molar-refractivity contribution < 1.29 is 14.3 Å². The fourth-order valence-corrected chi connectivity index (χ4v) is 3.31. The van der Waals surface area contributed by atoms with Crippen LogP contribution in [0.3, 0.4) is 0 Å². The molecule has 1 fully saturated rings. The normalized spacial score (nSPS) is 15.2. The lowest BCUT2D eigenvalue weighted by Crippen LogP contribution is -2.44. The summed E-state index contributed by atoms with van der Waals surface area (Å²) in [5, 5.41) is 6.94. The highest BCUT2D eigenvalue weighted by molar-refractivity contribution is 14.0. The van der Waals surface area contributed by atoms with Gasteiger partial charge in [-0.05, 0) is 51.3 Å². The van der Waals surface area contributed by atoms with Crippen LogP contribution in [0, 0.1) is 0 Å². The zero-order valence-electron chi connectivity index (χ0n) is 18.9. The van der Waals surface area contributed by atoms with Gasteiger partial charge in [0.15, 0.2) is 17.5 Å². The molecular formula is C22H37IN4O3. The molecule has 0 spiro atoms. The van der Waals surface area contributed by atoms with Gasteiger partial charge < -0.3 is 25.0 Å². The molecule has 1 amide bonds. The highest BCUT2D eigenvalue weighted by Gasteiger charge is 2.19. The van der Waals surface area contributed by atoms with Crippen LogP contribution in [-0.4, -0.2) is 56.7 Å². The summed E-state index contributed by atoms with van der Waals surface area (Å²) in [6.45, 7) is 7.28. The Morgan fingerprint density at radius 3 is 2.40 bits per heavy atom. The summed E-state index contributed by atoms with van der Waals surface area (Å²) in [6.07, 6.45) is 4.73. The number of nitrogens with one attached hydrogen (secondary N) is 2. The first-order valence-electron chi connectivity index (χ1n) is 10.6. The van der Waals surface area contributed by atoms with Crippen molar-refractivity contribution in [1.29, 1.82) is 0 Å². The number of amides is 1. The predicted molar refractivity (Wildman–Crippen MR) is 132 cm³/mol. The third-order valence-corrected chi connectivity index (χ3v) is 4.99. The number of rotatable bonds is 9. The van der Waals surface area contributed by atoms with Crippen molar-refractivity contribution in [2.24, 2.45) is 4.99 Å². The summed E-state index contributed by atoms with van der Waals surface area (Å²) in [5.74, 6) is 2.14. The van der Waals surface area contributed by atoms with E-state index in [-0.39, 0.29) is 42.5 Å². The molecule has 0 bridgehead atoms. The van der Waals surface area contributed by atoms with Crippen LogP contribution >= 0.6 is 24.0 Å². The van der Waals surface area contributed by atoms with Crippen molar-refractivity contribution in [3.05, 3.63) is 23.8 Å². The van der Waals surface area contributed by atoms with Gasteiger partial charge >= 0.3 is 0 Å². The van der Waals surface area contributed by atoms with Crippen LogP contribution in [0.25, 0.3) is 0 Å². The minimum atomic E-state index is -0.0233. The smallest absolute Gasteiger partial charge is 0.243 e. The summed E-state index contributed by atoms with van der Waals surface area (Å²) in [7, 11) is 3.49. The SMILES string of the molecule is CCOc1ccc(C(C)NC(=NCC(=O)N(C)C)NC2CCCC2)cc1OCC.I. The average Bonchev–Trinajstić information content (AvgIpc) is 3.20. The zero-order chi connectivity index (χ0) is 21.2. The number of carbonyl (C=O) groups is 1. The van der Waals surface area contributed by atoms with Crippen molar-refractivity contribution in [3.63, 3.8) is 0 Å². The lowest BCUT2D eigenvalue weighted by atomic mass is 10.1. The molecule has 170 valence electrons. The average molecular weight is 532 g/mol. The summed E-state index contributed by atoms with van der Waals surface area (Å²) in [6, 6.07) is 6.38. The van der Waals surface area contributed by atoms with Gasteiger partial charge in [-0.15, -0.1) is 24.0 Å². The Bertz CT molecular complexity index is 691. The summed E-state index contributed by atoms with van der Waals surface area (Å²) in [5.41, 5.74) is 1.07. The van der Waals surface area contributed by atoms with Gasteiger partial charge in [-0.2, -0.15) is 0 Å². The maximum Gasteiger partial charge on any atom is 0.243 e. The van der Waals surface area contributed by atoms with Gasteiger partial charge in [0, 0.05) is 20.1 Å². The van der Waals surface area contributed by atoms with Gasteiger partial charge in [-0.25, -0.2) is 4.99 Å². The van der Waals surface area contributed by atoms with Crippen LogP contribution in [0.4, 0.5) is 0 Å². The summed E-state index contributed by atoms with van der Waals surface area (Å²) < 4.78 is 11.4. The van der Waals surface area contributed by atoms with Crippen LogP contribution in [-0.2, 0) is 4.79 Å². The molecule has 1 aromatic rings. The Labute approximate surface area is 198 Å². The fraction of sp³-hybridized carbons (Fsp3) is 0.636. The molecule has 1 aromatic carbocycles. The molecule has 30 heavy (non-hydrogen) atoms. The van der Waals surface area contributed by atoms with Gasteiger partial charge in [0.05, 0.1) is 19.3 Å². The highest BCUT2D eigenvalue weighted by atomic mass is 127. The highest BCUT2D eigenvalue weighted by Crippen LogP contribution is 2.30. The lowest BCUT2D eigenvalue weighted by molar-refractivity contribution is -0.127. The molecule has 0 radical (unpaired) electrons. The van der Waals surface area contributed by atoms with E-state index in [1.165, 1.54) is 12.8 Å². The van der Waals surface area contributed by atoms with Crippen LogP contribution in [0.15, 0.2) is 23.2 Å². The van der Waals surface area contributed by atoms with Crippen molar-refractivity contribution in [1.82, 2.24) is 15.5 Å². The number of ether oxygens (including phenoxy) is 2.